The maximum Gasteiger partial charge on any atom is 0.257 e. The molecule has 1 aromatic carbocycles. The number of likely N-dealkylation sites (tertiary alicyclic amines) is 1. The van der Waals surface area contributed by atoms with Crippen LogP contribution in [0.5, 0.6) is 0 Å². The van der Waals surface area contributed by atoms with Gasteiger partial charge in [0.2, 0.25) is 0 Å². The van der Waals surface area contributed by atoms with E-state index in [1.165, 1.54) is 5.52 Å². The molecule has 1 aliphatic heterocycles. The zero-order chi connectivity index (χ0) is 18.3. The number of nitrogens with zero attached hydrogens (tertiary/aromatic N) is 3. The van der Waals surface area contributed by atoms with Crippen LogP contribution in [0, 0.1) is 26.7 Å². The van der Waals surface area contributed by atoms with Gasteiger partial charge in [0.25, 0.3) is 5.91 Å². The molecule has 5 heteroatoms. The van der Waals surface area contributed by atoms with E-state index in [0.29, 0.717) is 11.5 Å². The van der Waals surface area contributed by atoms with E-state index < -0.39 is 0 Å². The minimum absolute atomic E-state index is 0.0991. The second-order valence-corrected chi connectivity index (χ2v) is 7.32. The Kier molecular flexibility index (Phi) is 4.31. The average Bonchev–Trinajstić information content (AvgIpc) is 3.14. The monoisotopic (exact) mass is 351 g/mol. The van der Waals surface area contributed by atoms with Gasteiger partial charge in [-0.3, -0.25) is 4.79 Å². The topological polar surface area (TPSA) is 51.3 Å². The first kappa shape index (κ1) is 16.9. The van der Waals surface area contributed by atoms with Crippen molar-refractivity contribution in [3.63, 3.8) is 0 Å². The summed E-state index contributed by atoms with van der Waals surface area (Å²) < 4.78 is 7.83. The lowest BCUT2D eigenvalue weighted by molar-refractivity contribution is 0.0681. The number of imidazole rings is 1. The molecule has 26 heavy (non-hydrogen) atoms. The third kappa shape index (κ3) is 3.02. The Morgan fingerprint density at radius 1 is 1.19 bits per heavy atom. The molecule has 4 rings (SSSR count). The average molecular weight is 351 g/mol. The summed E-state index contributed by atoms with van der Waals surface area (Å²) in [7, 11) is 0. The van der Waals surface area contributed by atoms with Gasteiger partial charge in [-0.05, 0) is 57.7 Å². The molecule has 1 saturated heterocycles. The lowest BCUT2D eigenvalue weighted by Crippen LogP contribution is -2.39. The Hall–Kier alpha value is -2.56. The van der Waals surface area contributed by atoms with Crippen LogP contribution in [-0.2, 0) is 6.54 Å². The van der Waals surface area contributed by atoms with Gasteiger partial charge in [0.15, 0.2) is 0 Å². The van der Waals surface area contributed by atoms with Gasteiger partial charge in [0, 0.05) is 19.6 Å². The molecule has 0 atom stereocenters. The van der Waals surface area contributed by atoms with E-state index in [2.05, 4.69) is 34.7 Å². The Morgan fingerprint density at radius 3 is 2.62 bits per heavy atom. The Morgan fingerprint density at radius 2 is 1.92 bits per heavy atom. The number of carbonyl (C=O) groups is 1. The summed E-state index contributed by atoms with van der Waals surface area (Å²) in [5.41, 5.74) is 2.97. The lowest BCUT2D eigenvalue weighted by atomic mass is 9.96. The normalized spacial score (nSPS) is 15.7. The number of hydrogen-bond donors (Lipinski definition) is 0. The minimum Gasteiger partial charge on any atom is -0.466 e. The second kappa shape index (κ2) is 6.63. The highest BCUT2D eigenvalue weighted by molar-refractivity contribution is 5.95. The molecule has 1 amide bonds. The maximum atomic E-state index is 12.7. The molecule has 0 unspecified atom stereocenters. The van der Waals surface area contributed by atoms with Gasteiger partial charge in [-0.2, -0.15) is 0 Å². The Bertz CT molecular complexity index is 945. The fraction of sp³-hybridized carbons (Fsp3) is 0.429. The molecule has 5 nitrogen and oxygen atoms in total. The fourth-order valence-corrected chi connectivity index (χ4v) is 4.02. The van der Waals surface area contributed by atoms with Crippen LogP contribution >= 0.6 is 0 Å². The van der Waals surface area contributed by atoms with Crippen LogP contribution in [0.15, 0.2) is 34.7 Å². The molecule has 1 aliphatic rings. The highest BCUT2D eigenvalue weighted by Crippen LogP contribution is 2.25. The molecule has 0 aliphatic carbocycles. The first-order chi connectivity index (χ1) is 12.5. The third-order valence-corrected chi connectivity index (χ3v) is 5.46. The van der Waals surface area contributed by atoms with Gasteiger partial charge in [-0.1, -0.05) is 12.1 Å². The van der Waals surface area contributed by atoms with Gasteiger partial charge >= 0.3 is 0 Å². The molecule has 3 aromatic rings. The van der Waals surface area contributed by atoms with E-state index >= 15 is 0 Å². The number of fused-ring (bicyclic) bond motifs is 1. The molecule has 1 fully saturated rings. The van der Waals surface area contributed by atoms with Crippen molar-refractivity contribution in [3.05, 3.63) is 53.2 Å². The predicted octanol–water partition coefficient (Wildman–Crippen LogP) is 4.11. The summed E-state index contributed by atoms with van der Waals surface area (Å²) in [6.45, 7) is 8.40. The van der Waals surface area contributed by atoms with Gasteiger partial charge < -0.3 is 13.9 Å². The van der Waals surface area contributed by atoms with Crippen LogP contribution < -0.4 is 0 Å². The molecule has 3 heterocycles. The number of amides is 1. The number of piperidine rings is 1. The third-order valence-electron chi connectivity index (χ3n) is 5.46. The van der Waals surface area contributed by atoms with Crippen LogP contribution in [0.1, 0.15) is 40.5 Å². The lowest BCUT2D eigenvalue weighted by Gasteiger charge is -2.32. The van der Waals surface area contributed by atoms with E-state index in [9.17, 15) is 4.79 Å². The highest BCUT2D eigenvalue weighted by Gasteiger charge is 2.26. The molecule has 0 N–H and O–H groups in total. The van der Waals surface area contributed by atoms with E-state index in [0.717, 1.165) is 55.3 Å². The largest absolute Gasteiger partial charge is 0.466 e. The number of benzene rings is 1. The molecular formula is C21H25N3O2. The number of para-hydroxylation sites is 2. The van der Waals surface area contributed by atoms with Crippen LogP contribution in [0.3, 0.4) is 0 Å². The van der Waals surface area contributed by atoms with Crippen molar-refractivity contribution in [2.75, 3.05) is 13.1 Å². The maximum absolute atomic E-state index is 12.7. The van der Waals surface area contributed by atoms with Gasteiger partial charge in [0.1, 0.15) is 17.3 Å². The van der Waals surface area contributed by atoms with Crippen LogP contribution in [0.4, 0.5) is 0 Å². The van der Waals surface area contributed by atoms with Gasteiger partial charge in [0.05, 0.1) is 16.6 Å². The van der Waals surface area contributed by atoms with Crippen LogP contribution in [-0.4, -0.2) is 33.4 Å². The number of rotatable bonds is 3. The predicted molar refractivity (Wildman–Crippen MR) is 101 cm³/mol. The summed E-state index contributed by atoms with van der Waals surface area (Å²) >= 11 is 0. The van der Waals surface area contributed by atoms with Gasteiger partial charge in [-0.15, -0.1) is 0 Å². The zero-order valence-corrected chi connectivity index (χ0v) is 15.7. The highest BCUT2D eigenvalue weighted by atomic mass is 16.3. The van der Waals surface area contributed by atoms with Crippen molar-refractivity contribution in [1.82, 2.24) is 14.5 Å². The molecule has 2 aromatic heterocycles. The van der Waals surface area contributed by atoms with Crippen molar-refractivity contribution >= 4 is 16.9 Å². The molecule has 0 saturated carbocycles. The zero-order valence-electron chi connectivity index (χ0n) is 15.7. The van der Waals surface area contributed by atoms with Crippen molar-refractivity contribution in [2.24, 2.45) is 5.92 Å². The number of aromatic nitrogens is 2. The van der Waals surface area contributed by atoms with E-state index in [1.807, 2.05) is 30.9 Å². The summed E-state index contributed by atoms with van der Waals surface area (Å²) in [4.78, 5) is 19.4. The molecule has 0 radical (unpaired) electrons. The molecule has 136 valence electrons. The van der Waals surface area contributed by atoms with Crippen molar-refractivity contribution < 1.29 is 9.21 Å². The fourth-order valence-electron chi connectivity index (χ4n) is 4.02. The second-order valence-electron chi connectivity index (χ2n) is 7.32. The number of carbonyl (C=O) groups excluding carboxylic acids is 1. The Labute approximate surface area is 153 Å². The first-order valence-corrected chi connectivity index (χ1v) is 9.31. The summed E-state index contributed by atoms with van der Waals surface area (Å²) in [6.07, 6.45) is 2.04. The summed E-state index contributed by atoms with van der Waals surface area (Å²) in [5, 5.41) is 0. The van der Waals surface area contributed by atoms with Gasteiger partial charge in [-0.25, -0.2) is 4.98 Å². The quantitative estimate of drug-likeness (QED) is 0.714. The Balaban J connectivity index is 1.43. The molecular weight excluding hydrogens is 326 g/mol. The van der Waals surface area contributed by atoms with E-state index in [-0.39, 0.29) is 5.91 Å². The van der Waals surface area contributed by atoms with Crippen molar-refractivity contribution in [2.45, 2.75) is 40.2 Å². The first-order valence-electron chi connectivity index (χ1n) is 9.31. The summed E-state index contributed by atoms with van der Waals surface area (Å²) in [6, 6.07) is 10.2. The van der Waals surface area contributed by atoms with Crippen molar-refractivity contribution in [1.29, 1.82) is 0 Å². The van der Waals surface area contributed by atoms with Crippen LogP contribution in [0.2, 0.25) is 0 Å². The SMILES string of the molecule is Cc1cc(C(=O)N2CCC(Cn3c(C)nc4ccccc43)CC2)c(C)o1. The number of hydrogen-bond acceptors (Lipinski definition) is 3. The van der Waals surface area contributed by atoms with E-state index in [1.54, 1.807) is 0 Å². The van der Waals surface area contributed by atoms with Crippen LogP contribution in [0.25, 0.3) is 11.0 Å². The standard InChI is InChI=1S/C21H25N3O2/c1-14-12-18(15(2)26-14)21(25)23-10-8-17(9-11-23)13-24-16(3)22-19-6-4-5-7-20(19)24/h4-7,12,17H,8-11,13H2,1-3H3. The van der Waals surface area contributed by atoms with E-state index in [4.69, 9.17) is 4.42 Å². The summed E-state index contributed by atoms with van der Waals surface area (Å²) in [5.74, 6) is 3.25. The number of aryl methyl sites for hydroxylation is 3. The minimum atomic E-state index is 0.0991. The molecule has 0 bridgehead atoms. The molecule has 0 spiro atoms. The van der Waals surface area contributed by atoms with Crippen molar-refractivity contribution in [3.8, 4) is 0 Å². The number of furan rings is 1. The smallest absolute Gasteiger partial charge is 0.257 e.